The number of quaternary nitrogens is 1. The van der Waals surface area contributed by atoms with Gasteiger partial charge in [-0.2, -0.15) is 0 Å². The van der Waals surface area contributed by atoms with Crippen LogP contribution in [0.4, 0.5) is 0 Å². The predicted octanol–water partition coefficient (Wildman–Crippen LogP) is 2.93. The fourth-order valence-electron chi connectivity index (χ4n) is 2.61. The molecule has 0 aliphatic rings. The van der Waals surface area contributed by atoms with Crippen molar-refractivity contribution in [3.63, 3.8) is 0 Å². The van der Waals surface area contributed by atoms with E-state index in [0.29, 0.717) is 0 Å². The summed E-state index contributed by atoms with van der Waals surface area (Å²) in [5, 5.41) is 0. The molecule has 0 heterocycles. The van der Waals surface area contributed by atoms with E-state index < -0.39 is 0 Å². The molecule has 1 N–H and O–H groups in total. The molecule has 118 valence electrons. The van der Waals surface area contributed by atoms with Gasteiger partial charge in [-0.25, -0.2) is 0 Å². The number of nitrogens with one attached hydrogen (secondary N) is 1. The van der Waals surface area contributed by atoms with Gasteiger partial charge in [0.05, 0.1) is 27.2 Å². The van der Waals surface area contributed by atoms with Crippen LogP contribution in [-0.2, 0) is 5.41 Å². The first-order chi connectivity index (χ1) is 10.5. The predicted molar refractivity (Wildman–Crippen MR) is 92.8 cm³/mol. The van der Waals surface area contributed by atoms with Crippen LogP contribution in [0.25, 0.3) is 0 Å². The second kappa shape index (κ2) is 7.46. The van der Waals surface area contributed by atoms with Crippen molar-refractivity contribution in [3.8, 4) is 5.75 Å². The molecule has 2 aromatic carbocycles. The van der Waals surface area contributed by atoms with Crippen molar-refractivity contribution in [2.45, 2.75) is 25.7 Å². The van der Waals surface area contributed by atoms with Crippen molar-refractivity contribution in [2.75, 3.05) is 27.2 Å². The van der Waals surface area contributed by atoms with Crippen LogP contribution in [0.1, 0.15) is 31.4 Å². The van der Waals surface area contributed by atoms with Crippen LogP contribution in [0.3, 0.4) is 0 Å². The van der Waals surface area contributed by atoms with Gasteiger partial charge in [-0.3, -0.25) is 0 Å². The Bertz CT molecular complexity index is 558. The van der Waals surface area contributed by atoms with Crippen molar-refractivity contribution in [3.05, 3.63) is 65.7 Å². The Kier molecular flexibility index (Phi) is 5.62. The lowest BCUT2D eigenvalue weighted by atomic mass is 9.78. The van der Waals surface area contributed by atoms with Gasteiger partial charge in [-0.1, -0.05) is 56.3 Å². The maximum Gasteiger partial charge on any atom is 0.119 e. The molecular formula is C20H28NO+. The van der Waals surface area contributed by atoms with Crippen molar-refractivity contribution in [2.24, 2.45) is 0 Å². The molecular weight excluding hydrogens is 270 g/mol. The molecule has 0 bridgehead atoms. The highest BCUT2D eigenvalue weighted by molar-refractivity contribution is 5.39. The minimum absolute atomic E-state index is 0.00801. The minimum atomic E-state index is 0.00801. The third-order valence-corrected chi connectivity index (χ3v) is 4.16. The summed E-state index contributed by atoms with van der Waals surface area (Å²) >= 11 is 0. The third-order valence-electron chi connectivity index (χ3n) is 4.16. The quantitative estimate of drug-likeness (QED) is 0.776. The number of hydrogen-bond donors (Lipinski definition) is 1. The largest absolute Gasteiger partial charge is 0.493 e. The van der Waals surface area contributed by atoms with Crippen molar-refractivity contribution in [1.82, 2.24) is 0 Å². The molecule has 2 aromatic rings. The standard InChI is InChI=1S/C20H27NO/c1-20(2,17-9-6-5-7-10-17)18-11-13-19(14-12-18)22-16-8-15-21(3)4/h5-7,9-14H,8,15-16H2,1-4H3/p+1. The Morgan fingerprint density at radius 2 is 1.45 bits per heavy atom. The lowest BCUT2D eigenvalue weighted by Gasteiger charge is -2.26. The summed E-state index contributed by atoms with van der Waals surface area (Å²) in [6.45, 7) is 6.45. The van der Waals surface area contributed by atoms with Gasteiger partial charge in [0, 0.05) is 11.8 Å². The first-order valence-electron chi connectivity index (χ1n) is 8.08. The fraction of sp³-hybridized carbons (Fsp3) is 0.400. The van der Waals surface area contributed by atoms with Crippen LogP contribution in [-0.4, -0.2) is 27.2 Å². The zero-order chi connectivity index (χ0) is 16.0. The van der Waals surface area contributed by atoms with Crippen LogP contribution in [0.5, 0.6) is 5.75 Å². The number of ether oxygens (including phenoxy) is 1. The van der Waals surface area contributed by atoms with Gasteiger partial charge in [-0.15, -0.1) is 0 Å². The van der Waals surface area contributed by atoms with Crippen molar-refractivity contribution in [1.29, 1.82) is 0 Å². The van der Waals surface area contributed by atoms with E-state index in [4.69, 9.17) is 4.74 Å². The Hall–Kier alpha value is -1.80. The van der Waals surface area contributed by atoms with Crippen molar-refractivity contribution >= 4 is 0 Å². The monoisotopic (exact) mass is 298 g/mol. The van der Waals surface area contributed by atoms with E-state index in [1.807, 2.05) is 0 Å². The van der Waals surface area contributed by atoms with Crippen LogP contribution in [0.2, 0.25) is 0 Å². The molecule has 0 aliphatic carbocycles. The first-order valence-corrected chi connectivity index (χ1v) is 8.08. The van der Waals surface area contributed by atoms with Crippen LogP contribution >= 0.6 is 0 Å². The van der Waals surface area contributed by atoms with Gasteiger partial charge in [0.25, 0.3) is 0 Å². The molecule has 0 radical (unpaired) electrons. The van der Waals surface area contributed by atoms with Gasteiger partial charge >= 0.3 is 0 Å². The zero-order valence-corrected chi connectivity index (χ0v) is 14.2. The van der Waals surface area contributed by atoms with E-state index in [-0.39, 0.29) is 5.41 Å². The molecule has 0 unspecified atom stereocenters. The smallest absolute Gasteiger partial charge is 0.119 e. The van der Waals surface area contributed by atoms with Crippen LogP contribution in [0, 0.1) is 0 Å². The SMILES string of the molecule is C[NH+](C)CCCOc1ccc(C(C)(C)c2ccccc2)cc1. The number of rotatable bonds is 7. The van der Waals surface area contributed by atoms with Crippen LogP contribution in [0.15, 0.2) is 54.6 Å². The maximum atomic E-state index is 5.82. The highest BCUT2D eigenvalue weighted by Crippen LogP contribution is 2.32. The highest BCUT2D eigenvalue weighted by atomic mass is 16.5. The summed E-state index contributed by atoms with van der Waals surface area (Å²) in [5.74, 6) is 0.960. The first kappa shape index (κ1) is 16.6. The Labute approximate surface area is 134 Å². The van der Waals surface area contributed by atoms with Gasteiger partial charge in [0.15, 0.2) is 0 Å². The Morgan fingerprint density at radius 1 is 0.864 bits per heavy atom. The molecule has 0 fully saturated rings. The fourth-order valence-corrected chi connectivity index (χ4v) is 2.61. The van der Waals surface area contributed by atoms with E-state index in [1.54, 1.807) is 0 Å². The minimum Gasteiger partial charge on any atom is -0.493 e. The average Bonchev–Trinajstić information content (AvgIpc) is 2.53. The third kappa shape index (κ3) is 4.35. The molecule has 0 spiro atoms. The van der Waals surface area contributed by atoms with E-state index in [9.17, 15) is 0 Å². The lowest BCUT2D eigenvalue weighted by Crippen LogP contribution is -3.05. The molecule has 2 nitrogen and oxygen atoms in total. The zero-order valence-electron chi connectivity index (χ0n) is 14.2. The van der Waals surface area contributed by atoms with Gasteiger partial charge in [0.2, 0.25) is 0 Å². The highest BCUT2D eigenvalue weighted by Gasteiger charge is 2.22. The van der Waals surface area contributed by atoms with E-state index in [0.717, 1.165) is 25.3 Å². The Balaban J connectivity index is 1.99. The van der Waals surface area contributed by atoms with E-state index >= 15 is 0 Å². The van der Waals surface area contributed by atoms with Gasteiger partial charge < -0.3 is 9.64 Å². The van der Waals surface area contributed by atoms with Gasteiger partial charge in [0.1, 0.15) is 5.75 Å². The molecule has 0 aromatic heterocycles. The summed E-state index contributed by atoms with van der Waals surface area (Å²) < 4.78 is 5.82. The molecule has 0 aliphatic heterocycles. The number of benzene rings is 2. The molecule has 2 rings (SSSR count). The molecule has 0 saturated heterocycles. The van der Waals surface area contributed by atoms with E-state index in [1.165, 1.54) is 16.0 Å². The normalized spacial score (nSPS) is 11.7. The number of hydrogen-bond acceptors (Lipinski definition) is 1. The van der Waals surface area contributed by atoms with Crippen molar-refractivity contribution < 1.29 is 9.64 Å². The second-order valence-corrected chi connectivity index (χ2v) is 6.67. The summed E-state index contributed by atoms with van der Waals surface area (Å²) in [5.41, 5.74) is 2.65. The summed E-state index contributed by atoms with van der Waals surface area (Å²) in [7, 11) is 4.33. The summed E-state index contributed by atoms with van der Waals surface area (Å²) in [6, 6.07) is 19.2. The maximum absolute atomic E-state index is 5.82. The average molecular weight is 298 g/mol. The molecule has 0 atom stereocenters. The molecule has 0 amide bonds. The summed E-state index contributed by atoms with van der Waals surface area (Å²) in [6.07, 6.45) is 1.08. The van der Waals surface area contributed by atoms with Crippen LogP contribution < -0.4 is 9.64 Å². The Morgan fingerprint density at radius 3 is 2.05 bits per heavy atom. The molecule has 2 heteroatoms. The topological polar surface area (TPSA) is 13.7 Å². The van der Waals surface area contributed by atoms with E-state index in [2.05, 4.69) is 82.5 Å². The lowest BCUT2D eigenvalue weighted by molar-refractivity contribution is -0.858. The molecule has 0 saturated carbocycles. The summed E-state index contributed by atoms with van der Waals surface area (Å²) in [4.78, 5) is 1.46. The van der Waals surface area contributed by atoms with Gasteiger partial charge in [-0.05, 0) is 23.3 Å². The second-order valence-electron chi connectivity index (χ2n) is 6.67. The molecule has 22 heavy (non-hydrogen) atoms.